The number of aliphatic hydroxyl groups excluding tert-OH is 2. The van der Waals surface area contributed by atoms with Gasteiger partial charge in [0.05, 0.1) is 19.4 Å². The van der Waals surface area contributed by atoms with Crippen molar-refractivity contribution >= 4 is 23.9 Å². The number of hydrogen-bond acceptors (Lipinski definition) is 9. The Bertz CT molecular complexity index is 651. The van der Waals surface area contributed by atoms with E-state index in [0.717, 1.165) is 25.7 Å². The standard InChI is InChI=1S/C27H48O10/c1-2-3-4-5-6-7-8-9-10-11-12-13-14-15-16-17-23(30)37-25(32)19-27(35,26(33)34)18-24(31)36-21-22(29)20-28/h22,28-29,35H,2-21H2,1H3,(H,33,34). The van der Waals surface area contributed by atoms with Crippen molar-refractivity contribution in [3.05, 3.63) is 0 Å². The Balaban J connectivity index is 3.92. The molecule has 0 aliphatic carbocycles. The summed E-state index contributed by atoms with van der Waals surface area (Å²) in [5.41, 5.74) is -2.83. The number of carbonyl (C=O) groups is 4. The van der Waals surface area contributed by atoms with Gasteiger partial charge in [0.1, 0.15) is 12.7 Å². The highest BCUT2D eigenvalue weighted by atomic mass is 16.6. The van der Waals surface area contributed by atoms with Gasteiger partial charge in [0.15, 0.2) is 5.60 Å². The summed E-state index contributed by atoms with van der Waals surface area (Å²) < 4.78 is 9.14. The number of carboxylic acid groups (broad SMARTS) is 1. The predicted octanol–water partition coefficient (Wildman–Crippen LogP) is 3.81. The van der Waals surface area contributed by atoms with E-state index in [1.54, 1.807) is 0 Å². The molecular formula is C27H48O10. The summed E-state index contributed by atoms with van der Waals surface area (Å²) in [4.78, 5) is 46.9. The van der Waals surface area contributed by atoms with Gasteiger partial charge in [-0.15, -0.1) is 0 Å². The van der Waals surface area contributed by atoms with Crippen LogP contribution < -0.4 is 0 Å². The van der Waals surface area contributed by atoms with Gasteiger partial charge in [0.2, 0.25) is 0 Å². The maximum atomic E-state index is 11.9. The van der Waals surface area contributed by atoms with E-state index >= 15 is 0 Å². The van der Waals surface area contributed by atoms with E-state index in [0.29, 0.717) is 6.42 Å². The first kappa shape index (κ1) is 35.0. The van der Waals surface area contributed by atoms with Gasteiger partial charge in [-0.25, -0.2) is 4.79 Å². The number of ether oxygens (including phenoxy) is 2. The van der Waals surface area contributed by atoms with Crippen LogP contribution >= 0.6 is 0 Å². The molecule has 37 heavy (non-hydrogen) atoms. The molecule has 216 valence electrons. The molecule has 0 rings (SSSR count). The maximum absolute atomic E-state index is 11.9. The van der Waals surface area contributed by atoms with E-state index in [2.05, 4.69) is 16.4 Å². The second-order valence-corrected chi connectivity index (χ2v) is 9.76. The monoisotopic (exact) mass is 532 g/mol. The van der Waals surface area contributed by atoms with Crippen LogP contribution in [0.3, 0.4) is 0 Å². The molecule has 0 saturated carbocycles. The van der Waals surface area contributed by atoms with Crippen LogP contribution in [0.25, 0.3) is 0 Å². The average molecular weight is 533 g/mol. The number of esters is 3. The third-order valence-corrected chi connectivity index (χ3v) is 6.13. The number of carbonyl (C=O) groups excluding carboxylic acids is 3. The summed E-state index contributed by atoms with van der Waals surface area (Å²) in [7, 11) is 0. The zero-order chi connectivity index (χ0) is 27.9. The van der Waals surface area contributed by atoms with Crippen LogP contribution in [0.4, 0.5) is 0 Å². The Morgan fingerprint density at radius 1 is 0.703 bits per heavy atom. The van der Waals surface area contributed by atoms with E-state index in [-0.39, 0.29) is 6.42 Å². The highest BCUT2D eigenvalue weighted by molar-refractivity contribution is 5.92. The van der Waals surface area contributed by atoms with Gasteiger partial charge in [-0.3, -0.25) is 14.4 Å². The molecule has 0 aliphatic heterocycles. The fraction of sp³-hybridized carbons (Fsp3) is 0.852. The lowest BCUT2D eigenvalue weighted by molar-refractivity contribution is -0.176. The van der Waals surface area contributed by atoms with E-state index < -0.39 is 61.6 Å². The molecule has 0 spiro atoms. The lowest BCUT2D eigenvalue weighted by Gasteiger charge is -2.21. The topological polar surface area (TPSA) is 168 Å². The second-order valence-electron chi connectivity index (χ2n) is 9.76. The largest absolute Gasteiger partial charge is 0.479 e. The third-order valence-electron chi connectivity index (χ3n) is 6.13. The van der Waals surface area contributed by atoms with E-state index in [1.165, 1.54) is 64.2 Å². The molecule has 4 N–H and O–H groups in total. The third kappa shape index (κ3) is 19.7. The molecule has 0 heterocycles. The molecule has 10 heteroatoms. The summed E-state index contributed by atoms with van der Waals surface area (Å²) in [5.74, 6) is -5.14. The van der Waals surface area contributed by atoms with Crippen LogP contribution in [0, 0.1) is 0 Å². The highest BCUT2D eigenvalue weighted by Crippen LogP contribution is 2.19. The lowest BCUT2D eigenvalue weighted by atomic mass is 9.96. The summed E-state index contributed by atoms with van der Waals surface area (Å²) in [5, 5.41) is 37.2. The Labute approximate surface area is 220 Å². The molecule has 0 bridgehead atoms. The predicted molar refractivity (Wildman–Crippen MR) is 137 cm³/mol. The quantitative estimate of drug-likeness (QED) is 0.0815. The van der Waals surface area contributed by atoms with Gasteiger partial charge in [-0.05, 0) is 6.42 Å². The molecule has 0 aromatic carbocycles. The molecule has 10 nitrogen and oxygen atoms in total. The van der Waals surface area contributed by atoms with Crippen molar-refractivity contribution in [2.45, 2.75) is 134 Å². The Hall–Kier alpha value is -2.04. The maximum Gasteiger partial charge on any atom is 0.336 e. The molecule has 0 radical (unpaired) electrons. The van der Waals surface area contributed by atoms with E-state index in [1.807, 2.05) is 0 Å². The number of unbranched alkanes of at least 4 members (excludes halogenated alkanes) is 14. The fourth-order valence-corrected chi connectivity index (χ4v) is 3.84. The van der Waals surface area contributed by atoms with Crippen molar-refractivity contribution in [1.82, 2.24) is 0 Å². The zero-order valence-corrected chi connectivity index (χ0v) is 22.5. The number of rotatable bonds is 24. The minimum Gasteiger partial charge on any atom is -0.479 e. The van der Waals surface area contributed by atoms with Crippen molar-refractivity contribution in [2.75, 3.05) is 13.2 Å². The minimum absolute atomic E-state index is 0.00339. The number of aliphatic carboxylic acids is 1. The zero-order valence-electron chi connectivity index (χ0n) is 22.5. The SMILES string of the molecule is CCCCCCCCCCCCCCCCCC(=O)OC(=O)CC(O)(CC(=O)OCC(O)CO)C(=O)O. The summed E-state index contributed by atoms with van der Waals surface area (Å²) >= 11 is 0. The Morgan fingerprint density at radius 2 is 1.14 bits per heavy atom. The van der Waals surface area contributed by atoms with Crippen LogP contribution in [-0.4, -0.2) is 69.2 Å². The smallest absolute Gasteiger partial charge is 0.336 e. The van der Waals surface area contributed by atoms with Crippen LogP contribution in [0.5, 0.6) is 0 Å². The van der Waals surface area contributed by atoms with Crippen molar-refractivity contribution in [3.8, 4) is 0 Å². The normalized spacial score (nSPS) is 13.5. The van der Waals surface area contributed by atoms with Crippen molar-refractivity contribution in [1.29, 1.82) is 0 Å². The van der Waals surface area contributed by atoms with Crippen LogP contribution in [0.1, 0.15) is 122 Å². The first-order valence-electron chi connectivity index (χ1n) is 13.8. The van der Waals surface area contributed by atoms with E-state index in [4.69, 9.17) is 10.2 Å². The van der Waals surface area contributed by atoms with E-state index in [9.17, 15) is 29.4 Å². The molecule has 0 aliphatic rings. The highest BCUT2D eigenvalue weighted by Gasteiger charge is 2.42. The summed E-state index contributed by atoms with van der Waals surface area (Å²) in [6.07, 6.45) is 14.1. The number of carboxylic acids is 1. The van der Waals surface area contributed by atoms with Crippen molar-refractivity contribution in [3.63, 3.8) is 0 Å². The summed E-state index contributed by atoms with van der Waals surface area (Å²) in [6, 6.07) is 0. The van der Waals surface area contributed by atoms with Gasteiger partial charge in [0, 0.05) is 6.42 Å². The second kappa shape index (κ2) is 22.0. The van der Waals surface area contributed by atoms with Gasteiger partial charge < -0.3 is 29.9 Å². The molecular weight excluding hydrogens is 484 g/mol. The Kier molecular flexibility index (Phi) is 20.8. The molecule has 0 saturated heterocycles. The molecule has 0 aromatic rings. The van der Waals surface area contributed by atoms with Gasteiger partial charge in [-0.1, -0.05) is 96.8 Å². The number of aliphatic hydroxyl groups is 3. The van der Waals surface area contributed by atoms with Gasteiger partial charge in [0.25, 0.3) is 0 Å². The molecule has 2 unspecified atom stereocenters. The average Bonchev–Trinajstić information content (AvgIpc) is 2.84. The number of hydrogen-bond donors (Lipinski definition) is 4. The molecule has 0 fully saturated rings. The lowest BCUT2D eigenvalue weighted by Crippen LogP contribution is -2.44. The van der Waals surface area contributed by atoms with Gasteiger partial charge in [-0.2, -0.15) is 0 Å². The van der Waals surface area contributed by atoms with Crippen molar-refractivity contribution < 1.29 is 49.1 Å². The minimum atomic E-state index is -2.83. The molecule has 0 aromatic heterocycles. The van der Waals surface area contributed by atoms with Crippen LogP contribution in [-0.2, 0) is 28.7 Å². The van der Waals surface area contributed by atoms with Crippen molar-refractivity contribution in [2.24, 2.45) is 0 Å². The van der Waals surface area contributed by atoms with Gasteiger partial charge >= 0.3 is 23.9 Å². The summed E-state index contributed by atoms with van der Waals surface area (Å²) in [6.45, 7) is 0.950. The first-order chi connectivity index (χ1) is 17.6. The Morgan fingerprint density at radius 3 is 1.57 bits per heavy atom. The molecule has 2 atom stereocenters. The molecule has 0 amide bonds. The fourth-order valence-electron chi connectivity index (χ4n) is 3.84. The van der Waals surface area contributed by atoms with Crippen LogP contribution in [0.2, 0.25) is 0 Å². The first-order valence-corrected chi connectivity index (χ1v) is 13.8. The van der Waals surface area contributed by atoms with Crippen LogP contribution in [0.15, 0.2) is 0 Å².